The van der Waals surface area contributed by atoms with Crippen LogP contribution in [0.3, 0.4) is 0 Å². The molecular weight excluding hydrogens is 298 g/mol. The average Bonchev–Trinajstić information content (AvgIpc) is 2.71. The van der Waals surface area contributed by atoms with E-state index in [9.17, 15) is 13.2 Å². The van der Waals surface area contributed by atoms with Crippen LogP contribution in [0.2, 0.25) is 0 Å². The molecule has 1 saturated heterocycles. The van der Waals surface area contributed by atoms with E-state index in [1.54, 1.807) is 16.4 Å². The van der Waals surface area contributed by atoms with Gasteiger partial charge in [0, 0.05) is 24.9 Å². The van der Waals surface area contributed by atoms with E-state index in [-0.39, 0.29) is 29.6 Å². The number of hydrogen-bond acceptors (Lipinski definition) is 3. The molecule has 22 heavy (non-hydrogen) atoms. The molecule has 4 nitrogen and oxygen atoms in total. The summed E-state index contributed by atoms with van der Waals surface area (Å²) in [5.74, 6) is 0.681. The Bertz CT molecular complexity index is 751. The number of hydrogen-bond donors (Lipinski definition) is 0. The molecule has 1 heterocycles. The van der Waals surface area contributed by atoms with Gasteiger partial charge >= 0.3 is 0 Å². The third kappa shape index (κ3) is 1.99. The average molecular weight is 317 g/mol. The summed E-state index contributed by atoms with van der Waals surface area (Å²) in [6.07, 6.45) is 5.23. The molecule has 0 radical (unpaired) electrons. The minimum atomic E-state index is -3.53. The first-order valence-corrected chi connectivity index (χ1v) is 9.20. The van der Waals surface area contributed by atoms with Crippen LogP contribution in [0.15, 0.2) is 41.3 Å². The minimum absolute atomic E-state index is 0.00970. The maximum atomic E-state index is 13.0. The fourth-order valence-corrected chi connectivity index (χ4v) is 5.84. The second kappa shape index (κ2) is 4.77. The van der Waals surface area contributed by atoms with Crippen molar-refractivity contribution in [2.45, 2.75) is 30.7 Å². The number of rotatable bonds is 2. The highest BCUT2D eigenvalue weighted by Gasteiger charge is 2.51. The van der Waals surface area contributed by atoms with Gasteiger partial charge in [-0.2, -0.15) is 4.31 Å². The van der Waals surface area contributed by atoms with Gasteiger partial charge in [0.1, 0.15) is 5.78 Å². The van der Waals surface area contributed by atoms with Crippen LogP contribution in [0.1, 0.15) is 18.4 Å². The highest BCUT2D eigenvalue weighted by atomic mass is 32.2. The van der Waals surface area contributed by atoms with E-state index in [4.69, 9.17) is 0 Å². The van der Waals surface area contributed by atoms with E-state index in [0.29, 0.717) is 17.9 Å². The first-order chi connectivity index (χ1) is 10.5. The van der Waals surface area contributed by atoms with Crippen LogP contribution >= 0.6 is 0 Å². The molecule has 4 bridgehead atoms. The van der Waals surface area contributed by atoms with Crippen LogP contribution < -0.4 is 0 Å². The molecule has 1 saturated carbocycles. The number of nitrogens with zero attached hydrogens (tertiary/aromatic N) is 1. The largest absolute Gasteiger partial charge is 0.299 e. The summed E-state index contributed by atoms with van der Waals surface area (Å²) in [7, 11) is -3.53. The van der Waals surface area contributed by atoms with Crippen molar-refractivity contribution in [2.24, 2.45) is 17.8 Å². The van der Waals surface area contributed by atoms with Gasteiger partial charge in [0.05, 0.1) is 4.90 Å². The van der Waals surface area contributed by atoms with Crippen molar-refractivity contribution in [1.29, 1.82) is 0 Å². The Labute approximate surface area is 130 Å². The third-order valence-electron chi connectivity index (χ3n) is 5.35. The summed E-state index contributed by atoms with van der Waals surface area (Å²) in [5.41, 5.74) is 1.03. The first-order valence-electron chi connectivity index (χ1n) is 7.76. The Morgan fingerprint density at radius 2 is 1.86 bits per heavy atom. The van der Waals surface area contributed by atoms with Crippen molar-refractivity contribution >= 4 is 15.8 Å². The molecule has 5 heteroatoms. The molecule has 5 rings (SSSR count). The van der Waals surface area contributed by atoms with Crippen LogP contribution in [0, 0.1) is 24.7 Å². The van der Waals surface area contributed by atoms with Crippen LogP contribution in [-0.4, -0.2) is 31.1 Å². The van der Waals surface area contributed by atoms with Crippen molar-refractivity contribution in [2.75, 3.05) is 6.54 Å². The molecule has 1 aromatic carbocycles. The quantitative estimate of drug-likeness (QED) is 0.785. The topological polar surface area (TPSA) is 54.5 Å². The van der Waals surface area contributed by atoms with Gasteiger partial charge in [-0.3, -0.25) is 4.79 Å². The lowest BCUT2D eigenvalue weighted by Gasteiger charge is -2.25. The number of allylic oxidation sites excluding steroid dienone is 1. The van der Waals surface area contributed by atoms with E-state index in [0.717, 1.165) is 12.0 Å². The van der Waals surface area contributed by atoms with Gasteiger partial charge in [0.25, 0.3) is 0 Å². The molecule has 0 N–H and O–H groups in total. The van der Waals surface area contributed by atoms with Gasteiger partial charge in [0.2, 0.25) is 10.0 Å². The van der Waals surface area contributed by atoms with Crippen molar-refractivity contribution in [3.05, 3.63) is 42.0 Å². The lowest BCUT2D eigenvalue weighted by molar-refractivity contribution is -0.122. The van der Waals surface area contributed by atoms with Crippen LogP contribution in [0.4, 0.5) is 0 Å². The number of Topliss-reactive ketones (excluding diaryl/α,β-unsaturated/α-hetero) is 1. The van der Waals surface area contributed by atoms with E-state index in [2.05, 4.69) is 6.08 Å². The molecule has 116 valence electrons. The van der Waals surface area contributed by atoms with Crippen molar-refractivity contribution in [3.8, 4) is 0 Å². The van der Waals surface area contributed by atoms with Gasteiger partial charge in [-0.1, -0.05) is 29.8 Å². The molecule has 1 unspecified atom stereocenters. The molecule has 0 spiro atoms. The Morgan fingerprint density at radius 3 is 2.59 bits per heavy atom. The Kier molecular flexibility index (Phi) is 3.07. The maximum Gasteiger partial charge on any atom is 0.243 e. The van der Waals surface area contributed by atoms with E-state index >= 15 is 0 Å². The Balaban J connectivity index is 1.73. The van der Waals surface area contributed by atoms with Gasteiger partial charge in [-0.15, -0.1) is 0 Å². The predicted octanol–water partition coefficient (Wildman–Crippen LogP) is 2.15. The molecule has 1 aromatic rings. The lowest BCUT2D eigenvalue weighted by atomic mass is 9.82. The smallest absolute Gasteiger partial charge is 0.243 e. The van der Waals surface area contributed by atoms with Crippen molar-refractivity contribution in [1.82, 2.24) is 4.31 Å². The standard InChI is InChI=1S/C17H19NO3S/c1-11-2-5-14(6-3-11)22(20,21)18-10-13-8-12-4-7-15(13)16(18)9-17(12)19/h2-7,12-13,15-16H,8-10H2,1H3/t12-,13?,15+,16+/m1/s1. The summed E-state index contributed by atoms with van der Waals surface area (Å²) in [6.45, 7) is 2.48. The number of carbonyl (C=O) groups excluding carboxylic acids is 1. The van der Waals surface area contributed by atoms with Crippen LogP contribution in [0.25, 0.3) is 0 Å². The minimum Gasteiger partial charge on any atom is -0.299 e. The molecule has 4 atom stereocenters. The summed E-state index contributed by atoms with van der Waals surface area (Å²) in [6, 6.07) is 6.76. The SMILES string of the molecule is Cc1ccc(S(=O)(=O)N2CC3C[C@H]4C=C[C@@H]3[C@@H]2CC4=O)cc1. The highest BCUT2D eigenvalue weighted by molar-refractivity contribution is 7.89. The zero-order chi connectivity index (χ0) is 15.5. The maximum absolute atomic E-state index is 13.0. The van der Waals surface area contributed by atoms with Gasteiger partial charge in [0.15, 0.2) is 0 Å². The number of sulfonamides is 1. The number of benzene rings is 1. The van der Waals surface area contributed by atoms with E-state index in [1.807, 2.05) is 25.1 Å². The molecule has 2 fully saturated rings. The second-order valence-corrected chi connectivity index (χ2v) is 8.58. The Hall–Kier alpha value is -1.46. The molecule has 0 amide bonds. The molecular formula is C17H19NO3S. The number of carbonyl (C=O) groups is 1. The molecule has 1 aliphatic heterocycles. The van der Waals surface area contributed by atoms with Crippen molar-refractivity contribution in [3.63, 3.8) is 0 Å². The highest BCUT2D eigenvalue weighted by Crippen LogP contribution is 2.46. The number of fused-ring (bicyclic) bond motifs is 1. The number of ketones is 1. The zero-order valence-electron chi connectivity index (χ0n) is 12.5. The summed E-state index contributed by atoms with van der Waals surface area (Å²) in [5, 5.41) is 0. The number of aryl methyl sites for hydroxylation is 1. The third-order valence-corrected chi connectivity index (χ3v) is 7.25. The van der Waals surface area contributed by atoms with Gasteiger partial charge < -0.3 is 0 Å². The summed E-state index contributed by atoms with van der Waals surface area (Å²) >= 11 is 0. The second-order valence-electron chi connectivity index (χ2n) is 6.69. The fourth-order valence-electron chi connectivity index (χ4n) is 4.13. The molecule has 0 aromatic heterocycles. The summed E-state index contributed by atoms with van der Waals surface area (Å²) in [4.78, 5) is 12.6. The summed E-state index contributed by atoms with van der Waals surface area (Å²) < 4.78 is 27.5. The van der Waals surface area contributed by atoms with Gasteiger partial charge in [-0.05, 0) is 37.3 Å². The molecule has 3 aliphatic carbocycles. The monoisotopic (exact) mass is 317 g/mol. The van der Waals surface area contributed by atoms with E-state index < -0.39 is 10.0 Å². The van der Waals surface area contributed by atoms with Crippen molar-refractivity contribution < 1.29 is 13.2 Å². The zero-order valence-corrected chi connectivity index (χ0v) is 13.3. The first kappa shape index (κ1) is 14.2. The predicted molar refractivity (Wildman–Crippen MR) is 82.7 cm³/mol. The molecule has 4 aliphatic rings. The lowest BCUT2D eigenvalue weighted by Crippen LogP contribution is -2.39. The van der Waals surface area contributed by atoms with Gasteiger partial charge in [-0.25, -0.2) is 8.42 Å². The normalized spacial score (nSPS) is 34.1. The Morgan fingerprint density at radius 1 is 1.14 bits per heavy atom. The fraction of sp³-hybridized carbons (Fsp3) is 0.471. The van der Waals surface area contributed by atoms with Crippen LogP contribution in [0.5, 0.6) is 0 Å². The van der Waals surface area contributed by atoms with E-state index in [1.165, 1.54) is 0 Å². The van der Waals surface area contributed by atoms with Crippen LogP contribution in [-0.2, 0) is 14.8 Å².